The summed E-state index contributed by atoms with van der Waals surface area (Å²) in [7, 11) is 0. The molecule has 1 saturated carbocycles. The van der Waals surface area contributed by atoms with Gasteiger partial charge in [-0.05, 0) is 38.8 Å². The Bertz CT molecular complexity index is 326. The van der Waals surface area contributed by atoms with Crippen molar-refractivity contribution in [3.63, 3.8) is 0 Å². The largest absolute Gasteiger partial charge is 0.406 e. The van der Waals surface area contributed by atoms with E-state index in [0.29, 0.717) is 12.8 Å². The van der Waals surface area contributed by atoms with Crippen LogP contribution in [0.5, 0.6) is 0 Å². The molecule has 0 bridgehead atoms. The lowest BCUT2D eigenvalue weighted by Crippen LogP contribution is -2.41. The van der Waals surface area contributed by atoms with Crippen LogP contribution in [0.25, 0.3) is 0 Å². The van der Waals surface area contributed by atoms with E-state index in [2.05, 4.69) is 5.32 Å². The molecule has 1 N–H and O–H groups in total. The first-order chi connectivity index (χ1) is 9.46. The Morgan fingerprint density at radius 3 is 2.40 bits per heavy atom. The highest BCUT2D eigenvalue weighted by Gasteiger charge is 2.40. The van der Waals surface area contributed by atoms with Crippen molar-refractivity contribution in [3.8, 4) is 0 Å². The van der Waals surface area contributed by atoms with E-state index in [1.807, 2.05) is 0 Å². The number of hydrogen-bond donors (Lipinski definition) is 1. The third-order valence-electron chi connectivity index (χ3n) is 3.61. The molecule has 0 atom stereocenters. The standard InChI is InChI=1S/C13H21F3N2O2/c14-13(15,16)9-18(10-1-2-10)12(19)5-8-20-11-3-6-17-7-4-11/h10-11,17H,1-9H2. The molecule has 2 rings (SSSR count). The van der Waals surface area contributed by atoms with Crippen molar-refractivity contribution in [2.24, 2.45) is 0 Å². The summed E-state index contributed by atoms with van der Waals surface area (Å²) in [6.45, 7) is 0.857. The van der Waals surface area contributed by atoms with Crippen molar-refractivity contribution in [2.45, 2.75) is 50.4 Å². The van der Waals surface area contributed by atoms with Gasteiger partial charge in [-0.2, -0.15) is 13.2 Å². The maximum Gasteiger partial charge on any atom is 0.406 e. The Kier molecular flexibility index (Phi) is 5.26. The number of carbonyl (C=O) groups is 1. The van der Waals surface area contributed by atoms with Crippen LogP contribution in [0.15, 0.2) is 0 Å². The van der Waals surface area contributed by atoms with Gasteiger partial charge in [0.2, 0.25) is 5.91 Å². The molecule has 1 saturated heterocycles. The first-order valence-electron chi connectivity index (χ1n) is 7.14. The zero-order valence-electron chi connectivity index (χ0n) is 11.4. The number of hydrogen-bond acceptors (Lipinski definition) is 3. The molecule has 7 heteroatoms. The monoisotopic (exact) mass is 294 g/mol. The average Bonchev–Trinajstić information content (AvgIpc) is 3.20. The molecule has 0 aromatic carbocycles. The Labute approximate surface area is 116 Å². The number of nitrogens with zero attached hydrogens (tertiary/aromatic N) is 1. The van der Waals surface area contributed by atoms with Crippen LogP contribution >= 0.6 is 0 Å². The molecule has 0 aromatic heterocycles. The minimum atomic E-state index is -4.33. The molecule has 2 fully saturated rings. The molecule has 1 heterocycles. The molecule has 0 unspecified atom stereocenters. The Hall–Kier alpha value is -0.820. The van der Waals surface area contributed by atoms with Crippen LogP contribution in [0, 0.1) is 0 Å². The summed E-state index contributed by atoms with van der Waals surface area (Å²) < 4.78 is 42.9. The first-order valence-corrected chi connectivity index (χ1v) is 7.14. The molecule has 2 aliphatic rings. The second-order valence-electron chi connectivity index (χ2n) is 5.44. The van der Waals surface area contributed by atoms with Crippen LogP contribution in [0.1, 0.15) is 32.1 Å². The van der Waals surface area contributed by atoms with Gasteiger partial charge in [0.15, 0.2) is 0 Å². The van der Waals surface area contributed by atoms with Crippen molar-refractivity contribution in [2.75, 3.05) is 26.2 Å². The fraction of sp³-hybridized carbons (Fsp3) is 0.923. The van der Waals surface area contributed by atoms with Gasteiger partial charge in [0.1, 0.15) is 6.54 Å². The SMILES string of the molecule is O=C(CCOC1CCNCC1)N(CC(F)(F)F)C1CC1. The van der Waals surface area contributed by atoms with Crippen molar-refractivity contribution >= 4 is 5.91 Å². The van der Waals surface area contributed by atoms with E-state index < -0.39 is 18.6 Å². The minimum Gasteiger partial charge on any atom is -0.378 e. The smallest absolute Gasteiger partial charge is 0.378 e. The number of ether oxygens (including phenoxy) is 1. The summed E-state index contributed by atoms with van der Waals surface area (Å²) >= 11 is 0. The molecule has 1 aliphatic carbocycles. The lowest BCUT2D eigenvalue weighted by molar-refractivity contribution is -0.163. The number of amides is 1. The normalized spacial score (nSPS) is 20.9. The molecule has 1 amide bonds. The van der Waals surface area contributed by atoms with Crippen molar-refractivity contribution in [3.05, 3.63) is 0 Å². The predicted octanol–water partition coefficient (Wildman–Crippen LogP) is 1.70. The van der Waals surface area contributed by atoms with Crippen LogP contribution in [0.2, 0.25) is 0 Å². The number of alkyl halides is 3. The number of carbonyl (C=O) groups excluding carboxylic acids is 1. The van der Waals surface area contributed by atoms with Crippen LogP contribution < -0.4 is 5.32 Å². The highest BCUT2D eigenvalue weighted by atomic mass is 19.4. The summed E-state index contributed by atoms with van der Waals surface area (Å²) in [6.07, 6.45) is -1.02. The zero-order chi connectivity index (χ0) is 14.6. The Balaban J connectivity index is 1.71. The zero-order valence-corrected chi connectivity index (χ0v) is 11.4. The van der Waals surface area contributed by atoms with Crippen LogP contribution in [-0.2, 0) is 9.53 Å². The Morgan fingerprint density at radius 2 is 1.85 bits per heavy atom. The van der Waals surface area contributed by atoms with E-state index in [1.165, 1.54) is 0 Å². The van der Waals surface area contributed by atoms with E-state index in [9.17, 15) is 18.0 Å². The lowest BCUT2D eigenvalue weighted by atomic mass is 10.1. The number of halogens is 3. The van der Waals surface area contributed by atoms with Crippen molar-refractivity contribution < 1.29 is 22.7 Å². The predicted molar refractivity (Wildman–Crippen MR) is 67.3 cm³/mol. The molecular weight excluding hydrogens is 273 g/mol. The van der Waals surface area contributed by atoms with Gasteiger partial charge in [-0.3, -0.25) is 4.79 Å². The van der Waals surface area contributed by atoms with Gasteiger partial charge in [0.05, 0.1) is 19.1 Å². The van der Waals surface area contributed by atoms with Crippen LogP contribution in [-0.4, -0.2) is 55.4 Å². The van der Waals surface area contributed by atoms with Gasteiger partial charge in [-0.15, -0.1) is 0 Å². The van der Waals surface area contributed by atoms with Gasteiger partial charge in [-0.1, -0.05) is 0 Å². The highest BCUT2D eigenvalue weighted by molar-refractivity contribution is 5.77. The van der Waals surface area contributed by atoms with Gasteiger partial charge in [0, 0.05) is 6.04 Å². The number of nitrogens with one attached hydrogen (secondary N) is 1. The van der Waals surface area contributed by atoms with E-state index in [-0.39, 0.29) is 25.2 Å². The van der Waals surface area contributed by atoms with E-state index in [0.717, 1.165) is 30.8 Å². The molecule has 0 aromatic rings. The van der Waals surface area contributed by atoms with E-state index in [4.69, 9.17) is 4.74 Å². The summed E-state index contributed by atoms with van der Waals surface area (Å²) in [4.78, 5) is 12.8. The number of piperidine rings is 1. The molecule has 0 spiro atoms. The minimum absolute atomic E-state index is 0.0382. The van der Waals surface area contributed by atoms with E-state index in [1.54, 1.807) is 0 Å². The van der Waals surface area contributed by atoms with Crippen molar-refractivity contribution in [1.82, 2.24) is 10.2 Å². The third-order valence-corrected chi connectivity index (χ3v) is 3.61. The van der Waals surface area contributed by atoms with Crippen LogP contribution in [0.3, 0.4) is 0 Å². The molecule has 116 valence electrons. The third kappa shape index (κ3) is 5.28. The summed E-state index contributed by atoms with van der Waals surface area (Å²) in [6, 6.07) is -0.219. The summed E-state index contributed by atoms with van der Waals surface area (Å²) in [5, 5.41) is 3.20. The summed E-state index contributed by atoms with van der Waals surface area (Å²) in [5.74, 6) is -0.446. The molecule has 1 aliphatic heterocycles. The van der Waals surface area contributed by atoms with Gasteiger partial charge in [0.25, 0.3) is 0 Å². The molecule has 20 heavy (non-hydrogen) atoms. The molecule has 4 nitrogen and oxygen atoms in total. The number of rotatable bonds is 6. The van der Waals surface area contributed by atoms with Crippen LogP contribution in [0.4, 0.5) is 13.2 Å². The lowest BCUT2D eigenvalue weighted by Gasteiger charge is -2.25. The highest BCUT2D eigenvalue weighted by Crippen LogP contribution is 2.30. The quantitative estimate of drug-likeness (QED) is 0.810. The maximum atomic E-state index is 12.4. The first kappa shape index (κ1) is 15.6. The van der Waals surface area contributed by atoms with Crippen molar-refractivity contribution in [1.29, 1.82) is 0 Å². The van der Waals surface area contributed by atoms with Gasteiger partial charge in [-0.25, -0.2) is 0 Å². The Morgan fingerprint density at radius 1 is 1.20 bits per heavy atom. The fourth-order valence-electron chi connectivity index (χ4n) is 2.42. The topological polar surface area (TPSA) is 41.6 Å². The maximum absolute atomic E-state index is 12.4. The fourth-order valence-corrected chi connectivity index (χ4v) is 2.42. The van der Waals surface area contributed by atoms with E-state index >= 15 is 0 Å². The van der Waals surface area contributed by atoms with Gasteiger partial charge >= 0.3 is 6.18 Å². The van der Waals surface area contributed by atoms with Gasteiger partial charge < -0.3 is 15.0 Å². The summed E-state index contributed by atoms with van der Waals surface area (Å²) in [5.41, 5.74) is 0. The second-order valence-corrected chi connectivity index (χ2v) is 5.44. The molecule has 0 radical (unpaired) electrons. The molecular formula is C13H21F3N2O2. The average molecular weight is 294 g/mol. The second kappa shape index (κ2) is 6.76.